The number of hydrogen-bond donors (Lipinski definition) is 2. The number of aliphatic carboxylic acids is 1. The number of rotatable bonds is 13. The molecule has 4 nitrogen and oxygen atoms in total. The molecular weight excluding hydrogens is 338 g/mol. The van der Waals surface area contributed by atoms with Crippen LogP contribution in [0.5, 0.6) is 0 Å². The zero-order valence-corrected chi connectivity index (χ0v) is 15.4. The van der Waals surface area contributed by atoms with Crippen LogP contribution in [0.25, 0.3) is 6.08 Å². The zero-order chi connectivity index (χ0) is 18.3. The molecule has 0 aliphatic carbocycles. The van der Waals surface area contributed by atoms with Gasteiger partial charge >= 0.3 is 5.97 Å². The molecule has 1 aromatic rings. The number of amides is 1. The largest absolute Gasteiger partial charge is 0.481 e. The van der Waals surface area contributed by atoms with Crippen molar-refractivity contribution < 1.29 is 14.7 Å². The fourth-order valence-electron chi connectivity index (χ4n) is 2.48. The van der Waals surface area contributed by atoms with Crippen molar-refractivity contribution in [1.82, 2.24) is 5.32 Å². The predicted octanol–water partition coefficient (Wildman–Crippen LogP) is 5.06. The minimum absolute atomic E-state index is 0.0756. The van der Waals surface area contributed by atoms with Gasteiger partial charge < -0.3 is 10.4 Å². The number of benzene rings is 1. The van der Waals surface area contributed by atoms with Crippen molar-refractivity contribution in [2.24, 2.45) is 0 Å². The number of carbonyl (C=O) groups excluding carboxylic acids is 1. The number of halogens is 1. The summed E-state index contributed by atoms with van der Waals surface area (Å²) in [7, 11) is 0. The molecule has 0 atom stereocenters. The van der Waals surface area contributed by atoms with Gasteiger partial charge in [-0.15, -0.1) is 0 Å². The number of hydrogen-bond acceptors (Lipinski definition) is 2. The normalized spacial score (nSPS) is 10.9. The molecule has 1 aromatic carbocycles. The van der Waals surface area contributed by atoms with E-state index in [1.54, 1.807) is 24.3 Å². The fraction of sp³-hybridized carbons (Fsp3) is 0.500. The number of carboxylic acid groups (broad SMARTS) is 1. The summed E-state index contributed by atoms with van der Waals surface area (Å²) in [4.78, 5) is 22.1. The summed E-state index contributed by atoms with van der Waals surface area (Å²) in [5.41, 5.74) is 0.947. The Bertz CT molecular complexity index is 540. The van der Waals surface area contributed by atoms with Crippen molar-refractivity contribution in [2.45, 2.75) is 57.8 Å². The molecular formula is C20H28ClNO3. The second kappa shape index (κ2) is 13.5. The SMILES string of the molecule is O=C(O)CCCCCCCCCCNC(=O)/C=C/c1ccc(Cl)cc1. The third-order valence-corrected chi connectivity index (χ3v) is 4.17. The molecule has 1 amide bonds. The molecule has 0 unspecified atom stereocenters. The van der Waals surface area contributed by atoms with Gasteiger partial charge in [-0.1, -0.05) is 62.3 Å². The highest BCUT2D eigenvalue weighted by Gasteiger charge is 1.98. The lowest BCUT2D eigenvalue weighted by Crippen LogP contribution is -2.21. The van der Waals surface area contributed by atoms with E-state index in [1.807, 2.05) is 12.1 Å². The molecule has 0 aromatic heterocycles. The Morgan fingerprint density at radius 1 is 0.920 bits per heavy atom. The molecule has 138 valence electrons. The quantitative estimate of drug-likeness (QED) is 0.379. The molecule has 0 saturated carbocycles. The van der Waals surface area contributed by atoms with E-state index >= 15 is 0 Å². The molecule has 0 aliphatic heterocycles. The first-order valence-corrected chi connectivity index (χ1v) is 9.39. The fourth-order valence-corrected chi connectivity index (χ4v) is 2.60. The average Bonchev–Trinajstić information content (AvgIpc) is 2.59. The van der Waals surface area contributed by atoms with Crippen LogP contribution < -0.4 is 5.32 Å². The first-order valence-electron chi connectivity index (χ1n) is 9.01. The van der Waals surface area contributed by atoms with E-state index < -0.39 is 5.97 Å². The Hall–Kier alpha value is -1.81. The maximum Gasteiger partial charge on any atom is 0.303 e. The molecule has 25 heavy (non-hydrogen) atoms. The van der Waals surface area contributed by atoms with Gasteiger partial charge in [0.05, 0.1) is 0 Å². The maximum atomic E-state index is 11.7. The van der Waals surface area contributed by atoms with Crippen LogP contribution in [0.3, 0.4) is 0 Å². The Kier molecular flexibility index (Phi) is 11.4. The highest BCUT2D eigenvalue weighted by Crippen LogP contribution is 2.11. The third-order valence-electron chi connectivity index (χ3n) is 3.91. The molecule has 0 bridgehead atoms. The summed E-state index contributed by atoms with van der Waals surface area (Å²) in [5.74, 6) is -0.779. The van der Waals surface area contributed by atoms with E-state index in [1.165, 1.54) is 6.42 Å². The lowest BCUT2D eigenvalue weighted by Gasteiger charge is -2.03. The minimum atomic E-state index is -0.704. The van der Waals surface area contributed by atoms with E-state index in [-0.39, 0.29) is 12.3 Å². The molecule has 0 radical (unpaired) electrons. The molecule has 1 rings (SSSR count). The highest BCUT2D eigenvalue weighted by molar-refractivity contribution is 6.30. The number of carbonyl (C=O) groups is 2. The van der Waals surface area contributed by atoms with Crippen LogP contribution >= 0.6 is 11.6 Å². The summed E-state index contributed by atoms with van der Waals surface area (Å²) < 4.78 is 0. The summed E-state index contributed by atoms with van der Waals surface area (Å²) >= 11 is 5.81. The second-order valence-electron chi connectivity index (χ2n) is 6.15. The molecule has 2 N–H and O–H groups in total. The van der Waals surface area contributed by atoms with Gasteiger partial charge in [-0.3, -0.25) is 9.59 Å². The molecule has 0 saturated heterocycles. The molecule has 0 heterocycles. The van der Waals surface area contributed by atoms with Gasteiger partial charge in [0, 0.05) is 24.1 Å². The number of unbranched alkanes of at least 4 members (excludes halogenated alkanes) is 7. The van der Waals surface area contributed by atoms with Crippen molar-refractivity contribution in [2.75, 3.05) is 6.54 Å². The van der Waals surface area contributed by atoms with Crippen LogP contribution in [-0.2, 0) is 9.59 Å². The summed E-state index contributed by atoms with van der Waals surface area (Å²) in [6.45, 7) is 0.697. The van der Waals surface area contributed by atoms with Crippen LogP contribution in [-0.4, -0.2) is 23.5 Å². The van der Waals surface area contributed by atoms with Crippen LogP contribution in [0, 0.1) is 0 Å². The number of carboxylic acids is 1. The molecule has 0 spiro atoms. The molecule has 0 aliphatic rings. The van der Waals surface area contributed by atoms with Crippen LogP contribution in [0.2, 0.25) is 5.02 Å². The van der Waals surface area contributed by atoms with Gasteiger partial charge in [0.25, 0.3) is 0 Å². The van der Waals surface area contributed by atoms with Gasteiger partial charge in [0.1, 0.15) is 0 Å². The van der Waals surface area contributed by atoms with Gasteiger partial charge in [0.15, 0.2) is 0 Å². The van der Waals surface area contributed by atoms with Crippen LogP contribution in [0.15, 0.2) is 30.3 Å². The summed E-state index contributed by atoms with van der Waals surface area (Å²) in [6.07, 6.45) is 12.1. The van der Waals surface area contributed by atoms with Gasteiger partial charge in [-0.2, -0.15) is 0 Å². The second-order valence-corrected chi connectivity index (χ2v) is 6.58. The summed E-state index contributed by atoms with van der Waals surface area (Å²) in [6, 6.07) is 7.33. The lowest BCUT2D eigenvalue weighted by atomic mass is 10.1. The Morgan fingerprint density at radius 3 is 2.08 bits per heavy atom. The highest BCUT2D eigenvalue weighted by atomic mass is 35.5. The van der Waals surface area contributed by atoms with E-state index in [4.69, 9.17) is 16.7 Å². The molecule has 0 fully saturated rings. The first kappa shape index (κ1) is 21.2. The Balaban J connectivity index is 1.94. The van der Waals surface area contributed by atoms with Gasteiger partial charge in [-0.05, 0) is 36.6 Å². The smallest absolute Gasteiger partial charge is 0.303 e. The van der Waals surface area contributed by atoms with Crippen molar-refractivity contribution >= 4 is 29.6 Å². The maximum absolute atomic E-state index is 11.7. The Labute approximate surface area is 155 Å². The molecule has 5 heteroatoms. The van der Waals surface area contributed by atoms with E-state index in [0.29, 0.717) is 11.6 Å². The van der Waals surface area contributed by atoms with Crippen LogP contribution in [0.4, 0.5) is 0 Å². The predicted molar refractivity (Wildman–Crippen MR) is 103 cm³/mol. The van der Waals surface area contributed by atoms with Crippen molar-refractivity contribution in [1.29, 1.82) is 0 Å². The Morgan fingerprint density at radius 2 is 1.48 bits per heavy atom. The number of nitrogens with one attached hydrogen (secondary N) is 1. The van der Waals surface area contributed by atoms with Gasteiger partial charge in [-0.25, -0.2) is 0 Å². The topological polar surface area (TPSA) is 66.4 Å². The third kappa shape index (κ3) is 12.2. The zero-order valence-electron chi connectivity index (χ0n) is 14.7. The van der Waals surface area contributed by atoms with Crippen molar-refractivity contribution in [3.8, 4) is 0 Å². The minimum Gasteiger partial charge on any atom is -0.481 e. The standard InChI is InChI=1S/C20H28ClNO3/c21-18-13-10-17(11-14-18)12-15-19(23)22-16-8-6-4-2-1-3-5-7-9-20(24)25/h10-15H,1-9,16H2,(H,22,23)(H,24,25)/b15-12+. The van der Waals surface area contributed by atoms with E-state index in [2.05, 4.69) is 5.32 Å². The first-order chi connectivity index (χ1) is 12.1. The average molecular weight is 366 g/mol. The van der Waals surface area contributed by atoms with E-state index in [0.717, 1.165) is 50.5 Å². The van der Waals surface area contributed by atoms with E-state index in [9.17, 15) is 9.59 Å². The lowest BCUT2D eigenvalue weighted by molar-refractivity contribution is -0.137. The summed E-state index contributed by atoms with van der Waals surface area (Å²) in [5, 5.41) is 12.1. The van der Waals surface area contributed by atoms with Crippen LogP contribution in [0.1, 0.15) is 63.4 Å². The van der Waals surface area contributed by atoms with Crippen molar-refractivity contribution in [3.63, 3.8) is 0 Å². The van der Waals surface area contributed by atoms with Crippen molar-refractivity contribution in [3.05, 3.63) is 40.9 Å². The monoisotopic (exact) mass is 365 g/mol. The van der Waals surface area contributed by atoms with Gasteiger partial charge in [0.2, 0.25) is 5.91 Å².